The molecular weight excluding hydrogens is 457 g/mol. The summed E-state index contributed by atoms with van der Waals surface area (Å²) in [6, 6.07) is 3.52. The third kappa shape index (κ3) is 7.16. The highest BCUT2D eigenvalue weighted by molar-refractivity contribution is 7.22. The smallest absolute Gasteiger partial charge is 0.377 e. The lowest BCUT2D eigenvalue weighted by Gasteiger charge is -2.29. The van der Waals surface area contributed by atoms with E-state index >= 15 is 0 Å². The molecule has 33 heavy (non-hydrogen) atoms. The first-order chi connectivity index (χ1) is 15.8. The minimum absolute atomic E-state index is 0.0651. The van der Waals surface area contributed by atoms with Crippen LogP contribution in [0.25, 0.3) is 10.2 Å². The van der Waals surface area contributed by atoms with Gasteiger partial charge in [0.2, 0.25) is 11.8 Å². The molecule has 1 fully saturated rings. The van der Waals surface area contributed by atoms with Gasteiger partial charge in [-0.1, -0.05) is 17.4 Å². The second-order valence-corrected chi connectivity index (χ2v) is 8.62. The number of benzene rings is 1. The van der Waals surface area contributed by atoms with E-state index in [9.17, 15) is 22.8 Å². The summed E-state index contributed by atoms with van der Waals surface area (Å²) in [5, 5.41) is 3.38. The van der Waals surface area contributed by atoms with Crippen LogP contribution in [0, 0.1) is 0 Å². The number of alkyl halides is 3. The molecule has 0 atom stereocenters. The van der Waals surface area contributed by atoms with Gasteiger partial charge in [0.05, 0.1) is 22.4 Å². The summed E-state index contributed by atoms with van der Waals surface area (Å²) in [4.78, 5) is 32.8. The molecule has 0 unspecified atom stereocenters. The van der Waals surface area contributed by atoms with Crippen LogP contribution >= 0.6 is 11.3 Å². The fraction of sp³-hybridized carbons (Fsp3) is 0.500. The lowest BCUT2D eigenvalue weighted by Crippen LogP contribution is -2.45. The van der Waals surface area contributed by atoms with Crippen LogP contribution in [0.4, 0.5) is 18.3 Å². The fourth-order valence-electron chi connectivity index (χ4n) is 3.44. The summed E-state index contributed by atoms with van der Waals surface area (Å²) in [7, 11) is 0. The number of hydrogen-bond acceptors (Lipinski definition) is 6. The molecule has 2 heterocycles. The molecule has 1 aliphatic heterocycles. The molecular formula is C22H27F3N4O3S. The van der Waals surface area contributed by atoms with Gasteiger partial charge in [0.15, 0.2) is 5.13 Å². The van der Waals surface area contributed by atoms with Gasteiger partial charge in [-0.3, -0.25) is 9.59 Å². The number of thiazole rings is 1. The number of nitrogens with one attached hydrogen (secondary N) is 1. The maximum absolute atomic E-state index is 13.0. The number of hydrogen-bond donors (Lipinski definition) is 1. The number of fused-ring (bicyclic) bond motifs is 1. The summed E-state index contributed by atoms with van der Waals surface area (Å²) in [5.41, 5.74) is -0.465. The van der Waals surface area contributed by atoms with E-state index in [0.29, 0.717) is 68.6 Å². The van der Waals surface area contributed by atoms with Gasteiger partial charge in [-0.25, -0.2) is 4.98 Å². The lowest BCUT2D eigenvalue weighted by atomic mass is 10.2. The molecule has 0 spiro atoms. The number of anilines is 1. The molecule has 11 heteroatoms. The van der Waals surface area contributed by atoms with Crippen molar-refractivity contribution in [2.75, 3.05) is 50.8 Å². The van der Waals surface area contributed by atoms with Crippen LogP contribution in [0.5, 0.6) is 0 Å². The molecule has 180 valence electrons. The van der Waals surface area contributed by atoms with Gasteiger partial charge < -0.3 is 19.9 Å². The van der Waals surface area contributed by atoms with Crippen molar-refractivity contribution in [1.82, 2.24) is 15.2 Å². The van der Waals surface area contributed by atoms with Crippen LogP contribution in [0.2, 0.25) is 0 Å². The molecule has 0 aliphatic carbocycles. The van der Waals surface area contributed by atoms with Gasteiger partial charge in [0, 0.05) is 52.2 Å². The monoisotopic (exact) mass is 484 g/mol. The number of rotatable bonds is 7. The van der Waals surface area contributed by atoms with Crippen molar-refractivity contribution in [3.05, 3.63) is 36.4 Å². The van der Waals surface area contributed by atoms with Gasteiger partial charge in [-0.2, -0.15) is 13.2 Å². The third-order valence-electron chi connectivity index (χ3n) is 5.19. The molecule has 1 aliphatic rings. The van der Waals surface area contributed by atoms with Crippen LogP contribution in [0.3, 0.4) is 0 Å². The van der Waals surface area contributed by atoms with Crippen LogP contribution in [-0.4, -0.2) is 67.6 Å². The Morgan fingerprint density at radius 3 is 2.85 bits per heavy atom. The number of aromatic nitrogens is 1. The Morgan fingerprint density at radius 1 is 1.27 bits per heavy atom. The SMILES string of the molecule is C=CCOCCCC(=O)N1CCC(=O)NCCN(c2nc3cc(C(F)(F)F)ccc3s2)CC1. The van der Waals surface area contributed by atoms with E-state index in [1.54, 1.807) is 11.0 Å². The predicted molar refractivity (Wildman–Crippen MR) is 121 cm³/mol. The number of amides is 2. The number of carbonyl (C=O) groups excluding carboxylic acids is 2. The number of halogens is 3. The number of ether oxygens (including phenoxy) is 1. The molecule has 7 nitrogen and oxygen atoms in total. The third-order valence-corrected chi connectivity index (χ3v) is 6.29. The maximum Gasteiger partial charge on any atom is 0.416 e. The second-order valence-electron chi connectivity index (χ2n) is 7.61. The van der Waals surface area contributed by atoms with Gasteiger partial charge in [-0.15, -0.1) is 6.58 Å². The Labute approximate surface area is 194 Å². The summed E-state index contributed by atoms with van der Waals surface area (Å²) < 4.78 is 45.1. The molecule has 0 saturated carbocycles. The Bertz CT molecular complexity index is 979. The Hall–Kier alpha value is -2.66. The van der Waals surface area contributed by atoms with E-state index in [1.807, 2.05) is 4.90 Å². The first kappa shape index (κ1) is 25.0. The van der Waals surface area contributed by atoms with E-state index in [1.165, 1.54) is 17.4 Å². The fourth-order valence-corrected chi connectivity index (χ4v) is 4.44. The molecule has 2 amide bonds. The summed E-state index contributed by atoms with van der Waals surface area (Å²) in [5.74, 6) is -0.215. The number of carbonyl (C=O) groups is 2. The van der Waals surface area contributed by atoms with Gasteiger partial charge in [0.25, 0.3) is 0 Å². The van der Waals surface area contributed by atoms with Crippen LogP contribution < -0.4 is 10.2 Å². The first-order valence-electron chi connectivity index (χ1n) is 10.7. The highest BCUT2D eigenvalue weighted by Gasteiger charge is 2.31. The van der Waals surface area contributed by atoms with Crippen LogP contribution in [0.15, 0.2) is 30.9 Å². The van der Waals surface area contributed by atoms with Crippen molar-refractivity contribution in [3.8, 4) is 0 Å². The average Bonchev–Trinajstić information content (AvgIpc) is 3.20. The Morgan fingerprint density at radius 2 is 2.09 bits per heavy atom. The topological polar surface area (TPSA) is 74.8 Å². The highest BCUT2D eigenvalue weighted by atomic mass is 32.1. The zero-order valence-electron chi connectivity index (χ0n) is 18.2. The largest absolute Gasteiger partial charge is 0.416 e. The lowest BCUT2D eigenvalue weighted by molar-refractivity contribution is -0.137. The van der Waals surface area contributed by atoms with Crippen molar-refractivity contribution in [2.24, 2.45) is 0 Å². The maximum atomic E-state index is 13.0. The van der Waals surface area contributed by atoms with Crippen LogP contribution in [0.1, 0.15) is 24.8 Å². The number of nitrogens with zero attached hydrogens (tertiary/aromatic N) is 3. The van der Waals surface area contributed by atoms with Gasteiger partial charge in [0.1, 0.15) is 0 Å². The standard InChI is InChI=1S/C22H27F3N4O3S/c1-2-13-32-14-3-4-20(31)28-9-7-19(30)26-8-10-29(12-11-28)21-27-17-15-16(22(23,24)25)5-6-18(17)33-21/h2,5-6,15H,1,3-4,7-14H2,(H,26,30). The first-order valence-corrected chi connectivity index (χ1v) is 11.6. The van der Waals surface area contributed by atoms with Crippen molar-refractivity contribution in [3.63, 3.8) is 0 Å². The zero-order valence-corrected chi connectivity index (χ0v) is 19.0. The average molecular weight is 485 g/mol. The van der Waals surface area contributed by atoms with E-state index < -0.39 is 11.7 Å². The van der Waals surface area contributed by atoms with E-state index in [4.69, 9.17) is 4.74 Å². The summed E-state index contributed by atoms with van der Waals surface area (Å²) in [6.07, 6.45) is -1.69. The molecule has 0 bridgehead atoms. The Kier molecular flexibility index (Phi) is 8.67. The molecule has 1 N–H and O–H groups in total. The van der Waals surface area contributed by atoms with Gasteiger partial charge in [-0.05, 0) is 24.6 Å². The van der Waals surface area contributed by atoms with E-state index in [2.05, 4.69) is 16.9 Å². The Balaban J connectivity index is 1.70. The molecule has 1 saturated heterocycles. The van der Waals surface area contributed by atoms with Gasteiger partial charge >= 0.3 is 6.18 Å². The minimum Gasteiger partial charge on any atom is -0.377 e. The second kappa shape index (κ2) is 11.5. The molecule has 3 rings (SSSR count). The predicted octanol–water partition coefficient (Wildman–Crippen LogP) is 3.45. The molecule has 1 aromatic heterocycles. The minimum atomic E-state index is -4.43. The molecule has 1 aromatic carbocycles. The zero-order chi connectivity index (χ0) is 23.8. The summed E-state index contributed by atoms with van der Waals surface area (Å²) in [6.45, 7) is 6.44. The van der Waals surface area contributed by atoms with Crippen molar-refractivity contribution < 1.29 is 27.5 Å². The van der Waals surface area contributed by atoms with Crippen molar-refractivity contribution in [1.29, 1.82) is 0 Å². The summed E-state index contributed by atoms with van der Waals surface area (Å²) >= 11 is 1.29. The quantitative estimate of drug-likeness (QED) is 0.481. The molecule has 2 aromatic rings. The molecule has 0 radical (unpaired) electrons. The van der Waals surface area contributed by atoms with Crippen molar-refractivity contribution in [2.45, 2.75) is 25.4 Å². The normalized spacial score (nSPS) is 16.0. The van der Waals surface area contributed by atoms with Crippen molar-refractivity contribution >= 4 is 38.5 Å². The van der Waals surface area contributed by atoms with E-state index in [0.717, 1.165) is 12.1 Å². The van der Waals surface area contributed by atoms with E-state index in [-0.39, 0.29) is 23.8 Å². The van der Waals surface area contributed by atoms with Crippen LogP contribution in [-0.2, 0) is 20.5 Å². The highest BCUT2D eigenvalue weighted by Crippen LogP contribution is 2.35.